The van der Waals surface area contributed by atoms with Crippen molar-refractivity contribution in [3.63, 3.8) is 0 Å². The second-order valence-electron chi connectivity index (χ2n) is 6.77. The van der Waals surface area contributed by atoms with Gasteiger partial charge in [-0.25, -0.2) is 0 Å². The van der Waals surface area contributed by atoms with Gasteiger partial charge in [0.1, 0.15) is 5.75 Å². The zero-order valence-electron chi connectivity index (χ0n) is 16.4. The van der Waals surface area contributed by atoms with Crippen LogP contribution in [-0.2, 0) is 4.79 Å². The van der Waals surface area contributed by atoms with Crippen molar-refractivity contribution in [1.82, 2.24) is 5.32 Å². The first-order chi connectivity index (χ1) is 12.9. The first-order valence-corrected chi connectivity index (χ1v) is 9.37. The highest BCUT2D eigenvalue weighted by atomic mass is 16.5. The third-order valence-corrected chi connectivity index (χ3v) is 4.19. The van der Waals surface area contributed by atoms with Gasteiger partial charge in [0.15, 0.2) is 6.10 Å². The molecule has 0 heterocycles. The molecule has 0 bridgehead atoms. The third kappa shape index (κ3) is 5.84. The molecule has 2 rings (SSSR count). The van der Waals surface area contributed by atoms with Crippen molar-refractivity contribution in [2.45, 2.75) is 46.1 Å². The van der Waals surface area contributed by atoms with Crippen LogP contribution in [0, 0.1) is 0 Å². The standard InChI is InChI=1S/C22H28N2O3/c1-5-14-23-22(26)19-8-6-7-9-20(19)24-21(25)16(4)27-18-12-10-17(11-13-18)15(2)3/h6-13,15-16H,5,14H2,1-4H3,(H,23,26)(H,24,25)/t16-/m1/s1. The average Bonchev–Trinajstić information content (AvgIpc) is 2.66. The number of rotatable bonds is 8. The van der Waals surface area contributed by atoms with Crippen molar-refractivity contribution < 1.29 is 14.3 Å². The predicted molar refractivity (Wildman–Crippen MR) is 108 cm³/mol. The molecule has 0 spiro atoms. The van der Waals surface area contributed by atoms with E-state index in [1.807, 2.05) is 31.2 Å². The van der Waals surface area contributed by atoms with Crippen LogP contribution in [-0.4, -0.2) is 24.5 Å². The first-order valence-electron chi connectivity index (χ1n) is 9.37. The van der Waals surface area contributed by atoms with Gasteiger partial charge in [-0.05, 0) is 49.1 Å². The van der Waals surface area contributed by atoms with Crippen molar-refractivity contribution in [3.05, 3.63) is 59.7 Å². The SMILES string of the molecule is CCCNC(=O)c1ccccc1NC(=O)[C@@H](C)Oc1ccc(C(C)C)cc1. The summed E-state index contributed by atoms with van der Waals surface area (Å²) in [6.45, 7) is 8.51. The van der Waals surface area contributed by atoms with Crippen molar-refractivity contribution >= 4 is 17.5 Å². The molecule has 0 aliphatic heterocycles. The number of para-hydroxylation sites is 1. The second kappa shape index (κ2) is 9.76. The number of carbonyl (C=O) groups excluding carboxylic acids is 2. The van der Waals surface area contributed by atoms with Gasteiger partial charge in [-0.15, -0.1) is 0 Å². The zero-order chi connectivity index (χ0) is 19.8. The van der Waals surface area contributed by atoms with Crippen molar-refractivity contribution in [1.29, 1.82) is 0 Å². The molecule has 27 heavy (non-hydrogen) atoms. The fraction of sp³-hybridized carbons (Fsp3) is 0.364. The molecule has 0 aliphatic rings. The molecule has 2 aromatic rings. The minimum atomic E-state index is -0.693. The van der Waals surface area contributed by atoms with Crippen LogP contribution in [0.3, 0.4) is 0 Å². The van der Waals surface area contributed by atoms with E-state index in [1.165, 1.54) is 5.56 Å². The zero-order valence-corrected chi connectivity index (χ0v) is 16.4. The molecule has 2 aromatic carbocycles. The first kappa shape index (κ1) is 20.5. The maximum atomic E-state index is 12.5. The summed E-state index contributed by atoms with van der Waals surface area (Å²) in [7, 11) is 0. The normalized spacial score (nSPS) is 11.7. The third-order valence-electron chi connectivity index (χ3n) is 4.19. The van der Waals surface area contributed by atoms with E-state index in [0.717, 1.165) is 6.42 Å². The maximum Gasteiger partial charge on any atom is 0.265 e. The van der Waals surface area contributed by atoms with Gasteiger partial charge in [0.25, 0.3) is 11.8 Å². The Hall–Kier alpha value is -2.82. The average molecular weight is 368 g/mol. The fourth-order valence-electron chi connectivity index (χ4n) is 2.55. The molecule has 0 saturated carbocycles. The second-order valence-corrected chi connectivity index (χ2v) is 6.77. The van der Waals surface area contributed by atoms with E-state index >= 15 is 0 Å². The number of carbonyl (C=O) groups is 2. The molecule has 1 atom stereocenters. The minimum Gasteiger partial charge on any atom is -0.481 e. The Morgan fingerprint density at radius 2 is 1.67 bits per heavy atom. The molecular weight excluding hydrogens is 340 g/mol. The van der Waals surface area contributed by atoms with Gasteiger partial charge in [-0.3, -0.25) is 9.59 Å². The van der Waals surface area contributed by atoms with E-state index < -0.39 is 6.10 Å². The van der Waals surface area contributed by atoms with Crippen molar-refractivity contribution in [3.8, 4) is 5.75 Å². The van der Waals surface area contributed by atoms with Crippen LogP contribution in [0.15, 0.2) is 48.5 Å². The summed E-state index contributed by atoms with van der Waals surface area (Å²) in [4.78, 5) is 24.8. The van der Waals surface area contributed by atoms with Crippen molar-refractivity contribution in [2.75, 3.05) is 11.9 Å². The van der Waals surface area contributed by atoms with Crippen molar-refractivity contribution in [2.24, 2.45) is 0 Å². The summed E-state index contributed by atoms with van der Waals surface area (Å²) in [5.74, 6) is 0.565. The summed E-state index contributed by atoms with van der Waals surface area (Å²) in [5.41, 5.74) is 2.13. The lowest BCUT2D eigenvalue weighted by Crippen LogP contribution is -2.32. The van der Waals surface area contributed by atoms with Crippen LogP contribution in [0.5, 0.6) is 5.75 Å². The smallest absolute Gasteiger partial charge is 0.265 e. The van der Waals surface area contributed by atoms with E-state index in [1.54, 1.807) is 31.2 Å². The molecule has 5 nitrogen and oxygen atoms in total. The number of benzene rings is 2. The van der Waals surface area contributed by atoms with Crippen LogP contribution in [0.4, 0.5) is 5.69 Å². The molecule has 2 N–H and O–H groups in total. The highest BCUT2D eigenvalue weighted by molar-refractivity contribution is 6.04. The summed E-state index contributed by atoms with van der Waals surface area (Å²) in [5, 5.41) is 5.62. The Labute approximate surface area is 161 Å². The summed E-state index contributed by atoms with van der Waals surface area (Å²) >= 11 is 0. The minimum absolute atomic E-state index is 0.203. The molecule has 0 fully saturated rings. The molecule has 0 radical (unpaired) electrons. The Kier molecular flexibility index (Phi) is 7.41. The highest BCUT2D eigenvalue weighted by Crippen LogP contribution is 2.20. The highest BCUT2D eigenvalue weighted by Gasteiger charge is 2.18. The molecular formula is C22H28N2O3. The Bertz CT molecular complexity index is 769. The lowest BCUT2D eigenvalue weighted by molar-refractivity contribution is -0.122. The van der Waals surface area contributed by atoms with Gasteiger partial charge in [0.2, 0.25) is 0 Å². The van der Waals surface area contributed by atoms with Gasteiger partial charge < -0.3 is 15.4 Å². The van der Waals surface area contributed by atoms with E-state index in [2.05, 4.69) is 24.5 Å². The summed E-state index contributed by atoms with van der Waals surface area (Å²) < 4.78 is 5.74. The van der Waals surface area contributed by atoms with Gasteiger partial charge in [-0.1, -0.05) is 45.0 Å². The Balaban J connectivity index is 2.03. The van der Waals surface area contributed by atoms with Gasteiger partial charge in [0.05, 0.1) is 11.3 Å². The van der Waals surface area contributed by atoms with Gasteiger partial charge >= 0.3 is 0 Å². The molecule has 0 aliphatic carbocycles. The molecule has 2 amide bonds. The monoisotopic (exact) mass is 368 g/mol. The summed E-state index contributed by atoms with van der Waals surface area (Å²) in [6.07, 6.45) is 0.155. The van der Waals surface area contributed by atoms with E-state index in [-0.39, 0.29) is 11.8 Å². The fourth-order valence-corrected chi connectivity index (χ4v) is 2.55. The number of nitrogens with one attached hydrogen (secondary N) is 2. The van der Waals surface area contributed by atoms with Crippen LogP contribution in [0.1, 0.15) is 56.0 Å². The molecule has 144 valence electrons. The Morgan fingerprint density at radius 3 is 2.30 bits per heavy atom. The molecule has 0 aromatic heterocycles. The lowest BCUT2D eigenvalue weighted by atomic mass is 10.0. The van der Waals surface area contributed by atoms with Gasteiger partial charge in [0, 0.05) is 6.54 Å². The quantitative estimate of drug-likeness (QED) is 0.728. The molecule has 0 unspecified atom stereocenters. The topological polar surface area (TPSA) is 67.4 Å². The summed E-state index contributed by atoms with van der Waals surface area (Å²) in [6, 6.07) is 14.7. The number of ether oxygens (including phenoxy) is 1. The van der Waals surface area contributed by atoms with Crippen LogP contribution < -0.4 is 15.4 Å². The number of hydrogen-bond acceptors (Lipinski definition) is 3. The van der Waals surface area contributed by atoms with Crippen LogP contribution >= 0.6 is 0 Å². The lowest BCUT2D eigenvalue weighted by Gasteiger charge is -2.17. The van der Waals surface area contributed by atoms with E-state index in [9.17, 15) is 9.59 Å². The number of anilines is 1. The number of hydrogen-bond donors (Lipinski definition) is 2. The molecule has 5 heteroatoms. The predicted octanol–water partition coefficient (Wildman–Crippen LogP) is 4.36. The van der Waals surface area contributed by atoms with E-state index in [4.69, 9.17) is 4.74 Å². The Morgan fingerprint density at radius 1 is 1.00 bits per heavy atom. The van der Waals surface area contributed by atoms with Gasteiger partial charge in [-0.2, -0.15) is 0 Å². The van der Waals surface area contributed by atoms with E-state index in [0.29, 0.717) is 29.5 Å². The maximum absolute atomic E-state index is 12.5. The molecule has 0 saturated heterocycles. The van der Waals surface area contributed by atoms with Crippen LogP contribution in [0.25, 0.3) is 0 Å². The number of amides is 2. The van der Waals surface area contributed by atoms with Crippen LogP contribution in [0.2, 0.25) is 0 Å². The largest absolute Gasteiger partial charge is 0.481 e.